The zero-order chi connectivity index (χ0) is 16.8. The van der Waals surface area contributed by atoms with Gasteiger partial charge in [-0.25, -0.2) is 0 Å². The minimum atomic E-state index is -0.148. The summed E-state index contributed by atoms with van der Waals surface area (Å²) < 4.78 is 0. The van der Waals surface area contributed by atoms with Crippen LogP contribution in [0.5, 0.6) is 0 Å². The molecule has 0 spiro atoms. The van der Waals surface area contributed by atoms with Crippen molar-refractivity contribution in [3.63, 3.8) is 0 Å². The van der Waals surface area contributed by atoms with Crippen molar-refractivity contribution in [3.8, 4) is 11.3 Å². The van der Waals surface area contributed by atoms with Gasteiger partial charge in [-0.1, -0.05) is 30.7 Å². The van der Waals surface area contributed by atoms with Crippen molar-refractivity contribution < 1.29 is 4.79 Å². The van der Waals surface area contributed by atoms with Crippen LogP contribution in [0.3, 0.4) is 0 Å². The molecule has 1 aromatic heterocycles. The summed E-state index contributed by atoms with van der Waals surface area (Å²) in [4.78, 5) is 14.5. The second-order valence-electron chi connectivity index (χ2n) is 5.66. The molecule has 0 radical (unpaired) electrons. The van der Waals surface area contributed by atoms with Gasteiger partial charge in [-0.05, 0) is 38.6 Å². The largest absolute Gasteiger partial charge is 0.349 e. The molecular formula is C17H23ClN4O. The summed E-state index contributed by atoms with van der Waals surface area (Å²) in [7, 11) is 0. The number of nitrogens with zero attached hydrogens (tertiary/aromatic N) is 2. The Morgan fingerprint density at radius 3 is 2.83 bits per heavy atom. The van der Waals surface area contributed by atoms with Gasteiger partial charge in [-0.3, -0.25) is 14.8 Å². The molecule has 2 N–H and O–H groups in total. The summed E-state index contributed by atoms with van der Waals surface area (Å²) in [5, 5.41) is 10.5. The first-order valence-corrected chi connectivity index (χ1v) is 8.22. The number of likely N-dealkylation sites (N-methyl/N-ethyl adjacent to an activating group) is 1. The second kappa shape index (κ2) is 8.13. The molecule has 0 aliphatic rings. The second-order valence-corrected chi connectivity index (χ2v) is 6.09. The minimum Gasteiger partial charge on any atom is -0.349 e. The zero-order valence-electron chi connectivity index (χ0n) is 13.8. The first kappa shape index (κ1) is 17.5. The fourth-order valence-electron chi connectivity index (χ4n) is 2.42. The Morgan fingerprint density at radius 2 is 2.17 bits per heavy atom. The maximum Gasteiger partial charge on any atom is 0.269 e. The van der Waals surface area contributed by atoms with Gasteiger partial charge >= 0.3 is 0 Å². The highest BCUT2D eigenvalue weighted by molar-refractivity contribution is 6.30. The molecule has 5 nitrogen and oxygen atoms in total. The number of carbonyl (C=O) groups is 1. The van der Waals surface area contributed by atoms with E-state index in [1.807, 2.05) is 18.2 Å². The van der Waals surface area contributed by atoms with Crippen LogP contribution in [0.2, 0.25) is 5.02 Å². The monoisotopic (exact) mass is 334 g/mol. The molecule has 23 heavy (non-hydrogen) atoms. The Balaban J connectivity index is 1.94. The third-order valence-electron chi connectivity index (χ3n) is 3.76. The van der Waals surface area contributed by atoms with Gasteiger partial charge < -0.3 is 5.32 Å². The topological polar surface area (TPSA) is 61.0 Å². The lowest BCUT2D eigenvalue weighted by atomic mass is 10.1. The van der Waals surface area contributed by atoms with Crippen LogP contribution in [0.1, 0.15) is 31.3 Å². The van der Waals surface area contributed by atoms with Crippen molar-refractivity contribution >= 4 is 17.5 Å². The van der Waals surface area contributed by atoms with Gasteiger partial charge in [0, 0.05) is 29.7 Å². The van der Waals surface area contributed by atoms with Crippen molar-refractivity contribution in [1.29, 1.82) is 0 Å². The van der Waals surface area contributed by atoms with Crippen molar-refractivity contribution in [2.24, 2.45) is 0 Å². The Morgan fingerprint density at radius 1 is 1.39 bits per heavy atom. The number of amides is 1. The van der Waals surface area contributed by atoms with E-state index in [1.165, 1.54) is 0 Å². The summed E-state index contributed by atoms with van der Waals surface area (Å²) in [6, 6.07) is 9.60. The molecule has 0 saturated heterocycles. The highest BCUT2D eigenvalue weighted by atomic mass is 35.5. The fourth-order valence-corrected chi connectivity index (χ4v) is 2.61. The average molecular weight is 335 g/mol. The lowest BCUT2D eigenvalue weighted by Crippen LogP contribution is -2.38. The van der Waals surface area contributed by atoms with Crippen molar-refractivity contribution in [2.45, 2.75) is 26.8 Å². The van der Waals surface area contributed by atoms with Gasteiger partial charge in [0.2, 0.25) is 0 Å². The van der Waals surface area contributed by atoms with Gasteiger partial charge in [0.1, 0.15) is 5.69 Å². The number of aromatic nitrogens is 2. The van der Waals surface area contributed by atoms with Crippen LogP contribution in [0.15, 0.2) is 30.3 Å². The molecule has 0 aliphatic heterocycles. The zero-order valence-corrected chi connectivity index (χ0v) is 14.5. The molecule has 2 aromatic rings. The number of H-pyrrole nitrogens is 1. The van der Waals surface area contributed by atoms with Gasteiger partial charge in [0.15, 0.2) is 0 Å². The normalized spacial score (nSPS) is 11.2. The quantitative estimate of drug-likeness (QED) is 0.817. The van der Waals surface area contributed by atoms with E-state index in [-0.39, 0.29) is 5.91 Å². The number of halogens is 1. The van der Waals surface area contributed by atoms with E-state index in [9.17, 15) is 4.79 Å². The van der Waals surface area contributed by atoms with Crippen molar-refractivity contribution in [2.75, 3.05) is 19.6 Å². The number of nitrogens with one attached hydrogen (secondary N) is 2. The lowest BCUT2D eigenvalue weighted by Gasteiger charge is -2.24. The highest BCUT2D eigenvalue weighted by Crippen LogP contribution is 2.21. The number of hydrogen-bond acceptors (Lipinski definition) is 3. The number of benzene rings is 1. The molecule has 6 heteroatoms. The molecule has 0 fully saturated rings. The molecule has 0 bridgehead atoms. The Labute approximate surface area is 142 Å². The van der Waals surface area contributed by atoms with E-state index < -0.39 is 0 Å². The molecule has 124 valence electrons. The molecule has 1 heterocycles. The summed E-state index contributed by atoms with van der Waals surface area (Å²) in [6.45, 7) is 8.82. The SMILES string of the molecule is CCN(CCNC(=O)c1cc(-c2cccc(Cl)c2)n[nH]1)C(C)C. The first-order valence-electron chi connectivity index (χ1n) is 7.85. The van der Waals surface area contributed by atoms with E-state index >= 15 is 0 Å². The predicted molar refractivity (Wildman–Crippen MR) is 93.7 cm³/mol. The van der Waals surface area contributed by atoms with Gasteiger partial charge in [-0.2, -0.15) is 5.10 Å². The number of aromatic amines is 1. The standard InChI is InChI=1S/C17H23ClN4O/c1-4-22(12(2)3)9-8-19-17(23)16-11-15(20-21-16)13-6-5-7-14(18)10-13/h5-7,10-12H,4,8-9H2,1-3H3,(H,19,23)(H,20,21). The molecule has 0 saturated carbocycles. The molecule has 1 aromatic carbocycles. The third kappa shape index (κ3) is 4.81. The van der Waals surface area contributed by atoms with Gasteiger partial charge in [-0.15, -0.1) is 0 Å². The minimum absolute atomic E-state index is 0.148. The molecule has 0 atom stereocenters. The molecule has 2 rings (SSSR count). The highest BCUT2D eigenvalue weighted by Gasteiger charge is 2.12. The summed E-state index contributed by atoms with van der Waals surface area (Å²) in [6.07, 6.45) is 0. The number of hydrogen-bond donors (Lipinski definition) is 2. The van der Waals surface area contributed by atoms with Crippen LogP contribution in [0, 0.1) is 0 Å². The Kier molecular flexibility index (Phi) is 6.19. The van der Waals surface area contributed by atoms with E-state index in [2.05, 4.69) is 41.2 Å². The lowest BCUT2D eigenvalue weighted by molar-refractivity contribution is 0.0941. The maximum atomic E-state index is 12.2. The summed E-state index contributed by atoms with van der Waals surface area (Å²) >= 11 is 5.98. The van der Waals surface area contributed by atoms with Crippen LogP contribution in [-0.4, -0.2) is 46.7 Å². The molecule has 0 unspecified atom stereocenters. The summed E-state index contributed by atoms with van der Waals surface area (Å²) in [5.74, 6) is -0.148. The predicted octanol–water partition coefficient (Wildman–Crippen LogP) is 3.19. The van der Waals surface area contributed by atoms with E-state index in [1.54, 1.807) is 12.1 Å². The number of rotatable bonds is 7. The third-order valence-corrected chi connectivity index (χ3v) is 4.00. The average Bonchev–Trinajstić information content (AvgIpc) is 3.01. The van der Waals surface area contributed by atoms with Crippen molar-refractivity contribution in [3.05, 3.63) is 41.0 Å². The van der Waals surface area contributed by atoms with Crippen molar-refractivity contribution in [1.82, 2.24) is 20.4 Å². The van der Waals surface area contributed by atoms with Crippen LogP contribution >= 0.6 is 11.6 Å². The molecule has 0 aliphatic carbocycles. The molecule has 1 amide bonds. The van der Waals surface area contributed by atoms with Crippen LogP contribution in [0.25, 0.3) is 11.3 Å². The first-order chi connectivity index (χ1) is 11.0. The van der Waals surface area contributed by atoms with Crippen LogP contribution in [0.4, 0.5) is 0 Å². The van der Waals surface area contributed by atoms with Gasteiger partial charge in [0.05, 0.1) is 5.69 Å². The van der Waals surface area contributed by atoms with Crippen LogP contribution < -0.4 is 5.32 Å². The van der Waals surface area contributed by atoms with Gasteiger partial charge in [0.25, 0.3) is 5.91 Å². The van der Waals surface area contributed by atoms with E-state index in [0.29, 0.717) is 29.0 Å². The summed E-state index contributed by atoms with van der Waals surface area (Å²) in [5.41, 5.74) is 2.03. The number of carbonyl (C=O) groups excluding carboxylic acids is 1. The van der Waals surface area contributed by atoms with E-state index in [0.717, 1.165) is 18.7 Å². The molecular weight excluding hydrogens is 312 g/mol. The maximum absolute atomic E-state index is 12.2. The Bertz CT molecular complexity index is 654. The van der Waals surface area contributed by atoms with Crippen LogP contribution in [-0.2, 0) is 0 Å². The smallest absolute Gasteiger partial charge is 0.269 e. The Hall–Kier alpha value is -1.85. The van der Waals surface area contributed by atoms with E-state index in [4.69, 9.17) is 11.6 Å². The fraction of sp³-hybridized carbons (Fsp3) is 0.412.